The summed E-state index contributed by atoms with van der Waals surface area (Å²) in [6, 6.07) is 5.37. The van der Waals surface area contributed by atoms with Crippen LogP contribution < -0.4 is 9.47 Å². The summed E-state index contributed by atoms with van der Waals surface area (Å²) in [6.45, 7) is 5.87. The van der Waals surface area contributed by atoms with Gasteiger partial charge in [0.15, 0.2) is 11.5 Å². The molecule has 0 radical (unpaired) electrons. The normalized spacial score (nSPS) is 18.5. The molecule has 0 aromatic heterocycles. The third-order valence-corrected chi connectivity index (χ3v) is 5.84. The number of hydrogen-bond acceptors (Lipinski definition) is 6. The van der Waals surface area contributed by atoms with Gasteiger partial charge in [0.05, 0.1) is 18.6 Å². The highest BCUT2D eigenvalue weighted by Crippen LogP contribution is 2.34. The van der Waals surface area contributed by atoms with E-state index in [2.05, 4.69) is 13.8 Å². The SMILES string of the molecule is COc1cc(/C=C2\SC(=O)N(CC(=O)N3CCCCC3)C2=O)ccc1OCC(C)C. The van der Waals surface area contributed by atoms with E-state index in [4.69, 9.17) is 9.47 Å². The van der Waals surface area contributed by atoms with Crippen molar-refractivity contribution >= 4 is 34.9 Å². The summed E-state index contributed by atoms with van der Waals surface area (Å²) < 4.78 is 11.1. The lowest BCUT2D eigenvalue weighted by molar-refractivity contribution is -0.136. The molecule has 0 aliphatic carbocycles. The molecule has 2 heterocycles. The third-order valence-electron chi connectivity index (χ3n) is 4.93. The van der Waals surface area contributed by atoms with Crippen LogP contribution in [0, 0.1) is 5.92 Å². The lowest BCUT2D eigenvalue weighted by atomic mass is 10.1. The van der Waals surface area contributed by atoms with Crippen LogP contribution in [0.4, 0.5) is 4.79 Å². The molecule has 2 saturated heterocycles. The van der Waals surface area contributed by atoms with Gasteiger partial charge in [0.25, 0.3) is 11.1 Å². The molecule has 2 fully saturated rings. The Morgan fingerprint density at radius 3 is 2.57 bits per heavy atom. The van der Waals surface area contributed by atoms with Gasteiger partial charge in [-0.25, -0.2) is 0 Å². The number of imide groups is 1. The largest absolute Gasteiger partial charge is 0.493 e. The minimum Gasteiger partial charge on any atom is -0.493 e. The molecule has 3 rings (SSSR count). The number of amides is 3. The van der Waals surface area contributed by atoms with E-state index < -0.39 is 11.1 Å². The monoisotopic (exact) mass is 432 g/mol. The summed E-state index contributed by atoms with van der Waals surface area (Å²) >= 11 is 0.853. The summed E-state index contributed by atoms with van der Waals surface area (Å²) in [5.41, 5.74) is 0.719. The fourth-order valence-electron chi connectivity index (χ4n) is 3.32. The van der Waals surface area contributed by atoms with Crippen LogP contribution in [0.3, 0.4) is 0 Å². The molecule has 30 heavy (non-hydrogen) atoms. The van der Waals surface area contributed by atoms with Gasteiger partial charge in [-0.3, -0.25) is 19.3 Å². The number of likely N-dealkylation sites (tertiary alicyclic amines) is 1. The summed E-state index contributed by atoms with van der Waals surface area (Å²) in [7, 11) is 1.56. The van der Waals surface area contributed by atoms with Crippen molar-refractivity contribution in [2.75, 3.05) is 33.4 Å². The zero-order chi connectivity index (χ0) is 21.7. The lowest BCUT2D eigenvalue weighted by Gasteiger charge is -2.27. The molecule has 0 spiro atoms. The van der Waals surface area contributed by atoms with Gasteiger partial charge in [0.1, 0.15) is 6.54 Å². The summed E-state index contributed by atoms with van der Waals surface area (Å²) in [5.74, 6) is 0.960. The van der Waals surface area contributed by atoms with Crippen LogP contribution in [0.2, 0.25) is 0 Å². The van der Waals surface area contributed by atoms with Gasteiger partial charge in [-0.1, -0.05) is 19.9 Å². The number of carbonyl (C=O) groups is 3. The Morgan fingerprint density at radius 1 is 1.17 bits per heavy atom. The molecule has 0 saturated carbocycles. The predicted octanol–water partition coefficient (Wildman–Crippen LogP) is 3.78. The van der Waals surface area contributed by atoms with E-state index in [1.54, 1.807) is 30.2 Å². The third kappa shape index (κ3) is 5.36. The van der Waals surface area contributed by atoms with E-state index >= 15 is 0 Å². The second-order valence-corrected chi connectivity index (χ2v) is 8.82. The highest BCUT2D eigenvalue weighted by molar-refractivity contribution is 8.18. The summed E-state index contributed by atoms with van der Waals surface area (Å²) in [6.07, 6.45) is 4.68. The Bertz CT molecular complexity index is 846. The van der Waals surface area contributed by atoms with Crippen molar-refractivity contribution in [3.63, 3.8) is 0 Å². The Hall–Kier alpha value is -2.48. The van der Waals surface area contributed by atoms with Gasteiger partial charge in [-0.15, -0.1) is 0 Å². The second kappa shape index (κ2) is 10.0. The Kier molecular flexibility index (Phi) is 7.42. The molecule has 3 amide bonds. The average Bonchev–Trinajstić information content (AvgIpc) is 3.00. The smallest absolute Gasteiger partial charge is 0.294 e. The maximum atomic E-state index is 12.7. The van der Waals surface area contributed by atoms with Crippen LogP contribution >= 0.6 is 11.8 Å². The number of carbonyl (C=O) groups excluding carboxylic acids is 3. The van der Waals surface area contributed by atoms with Crippen molar-refractivity contribution in [3.05, 3.63) is 28.7 Å². The standard InChI is InChI=1S/C22H28N2O5S/c1-15(2)14-29-17-8-7-16(11-18(17)28-3)12-19-21(26)24(22(27)30-19)13-20(25)23-9-5-4-6-10-23/h7-8,11-12,15H,4-6,9-10,13-14H2,1-3H3/b19-12-. The minimum atomic E-state index is -0.436. The van der Waals surface area contributed by atoms with Crippen LogP contribution in [0.15, 0.2) is 23.1 Å². The van der Waals surface area contributed by atoms with Gasteiger partial charge in [0, 0.05) is 13.1 Å². The fourth-order valence-corrected chi connectivity index (χ4v) is 4.15. The van der Waals surface area contributed by atoms with Crippen molar-refractivity contribution < 1.29 is 23.9 Å². The Balaban J connectivity index is 1.70. The number of methoxy groups -OCH3 is 1. The number of thioether (sulfide) groups is 1. The first-order valence-electron chi connectivity index (χ1n) is 10.2. The quantitative estimate of drug-likeness (QED) is 0.611. The highest BCUT2D eigenvalue weighted by atomic mass is 32.2. The first kappa shape index (κ1) is 22.2. The van der Waals surface area contributed by atoms with Crippen LogP contribution in [-0.4, -0.2) is 60.2 Å². The van der Waals surface area contributed by atoms with Crippen LogP contribution in [-0.2, 0) is 9.59 Å². The Morgan fingerprint density at radius 2 is 1.90 bits per heavy atom. The van der Waals surface area contributed by atoms with E-state index in [0.717, 1.165) is 41.5 Å². The molecule has 0 unspecified atom stereocenters. The van der Waals surface area contributed by atoms with E-state index in [1.165, 1.54) is 0 Å². The first-order valence-corrected chi connectivity index (χ1v) is 11.0. The van der Waals surface area contributed by atoms with Gasteiger partial charge in [-0.2, -0.15) is 0 Å². The maximum absolute atomic E-state index is 12.7. The average molecular weight is 433 g/mol. The molecule has 0 atom stereocenters. The molecule has 2 aliphatic heterocycles. The highest BCUT2D eigenvalue weighted by Gasteiger charge is 2.37. The van der Waals surface area contributed by atoms with Gasteiger partial charge >= 0.3 is 0 Å². The van der Waals surface area contributed by atoms with E-state index in [1.807, 2.05) is 6.07 Å². The molecule has 7 nitrogen and oxygen atoms in total. The van der Waals surface area contributed by atoms with Crippen molar-refractivity contribution in [3.8, 4) is 11.5 Å². The molecule has 2 aliphatic rings. The molecular formula is C22H28N2O5S. The molecule has 0 N–H and O–H groups in total. The minimum absolute atomic E-state index is 0.174. The number of hydrogen-bond donors (Lipinski definition) is 0. The molecule has 8 heteroatoms. The van der Waals surface area contributed by atoms with Gasteiger partial charge < -0.3 is 14.4 Å². The van der Waals surface area contributed by atoms with Crippen molar-refractivity contribution in [1.82, 2.24) is 9.80 Å². The number of ether oxygens (including phenoxy) is 2. The molecule has 1 aromatic rings. The van der Waals surface area contributed by atoms with Gasteiger partial charge in [-0.05, 0) is 60.7 Å². The second-order valence-electron chi connectivity index (χ2n) is 7.82. The Labute approximate surface area is 181 Å². The van der Waals surface area contributed by atoms with Gasteiger partial charge in [0.2, 0.25) is 5.91 Å². The number of rotatable bonds is 7. The number of benzene rings is 1. The zero-order valence-electron chi connectivity index (χ0n) is 17.7. The van der Waals surface area contributed by atoms with Crippen LogP contribution in [0.1, 0.15) is 38.7 Å². The van der Waals surface area contributed by atoms with E-state index in [-0.39, 0.29) is 12.5 Å². The summed E-state index contributed by atoms with van der Waals surface area (Å²) in [4.78, 5) is 40.6. The van der Waals surface area contributed by atoms with Crippen molar-refractivity contribution in [1.29, 1.82) is 0 Å². The number of piperidine rings is 1. The molecular weight excluding hydrogens is 404 g/mol. The van der Waals surface area contributed by atoms with Crippen molar-refractivity contribution in [2.45, 2.75) is 33.1 Å². The number of nitrogens with zero attached hydrogens (tertiary/aromatic N) is 2. The zero-order valence-corrected chi connectivity index (χ0v) is 18.5. The molecule has 0 bridgehead atoms. The lowest BCUT2D eigenvalue weighted by Crippen LogP contribution is -2.44. The van der Waals surface area contributed by atoms with E-state index in [0.29, 0.717) is 42.0 Å². The molecule has 162 valence electrons. The van der Waals surface area contributed by atoms with Crippen molar-refractivity contribution in [2.24, 2.45) is 5.92 Å². The van der Waals surface area contributed by atoms with E-state index in [9.17, 15) is 14.4 Å². The van der Waals surface area contributed by atoms with Crippen LogP contribution in [0.5, 0.6) is 11.5 Å². The summed E-state index contributed by atoms with van der Waals surface area (Å²) in [5, 5.41) is -0.416. The van der Waals surface area contributed by atoms with Crippen LogP contribution in [0.25, 0.3) is 6.08 Å². The fraction of sp³-hybridized carbons (Fsp3) is 0.500. The maximum Gasteiger partial charge on any atom is 0.294 e. The first-order chi connectivity index (χ1) is 14.4. The molecule has 1 aromatic carbocycles. The predicted molar refractivity (Wildman–Crippen MR) is 116 cm³/mol. The topological polar surface area (TPSA) is 76.2 Å².